The van der Waals surface area contributed by atoms with Crippen molar-refractivity contribution in [3.8, 4) is 0 Å². The minimum atomic E-state index is -1.20. The molecular weight excluding hydrogens is 465 g/mol. The van der Waals surface area contributed by atoms with Crippen molar-refractivity contribution >= 4 is 39.6 Å². The van der Waals surface area contributed by atoms with Crippen molar-refractivity contribution in [3.63, 3.8) is 0 Å². The predicted octanol–water partition coefficient (Wildman–Crippen LogP) is 0.654. The Hall–Kier alpha value is -1.86. The fourth-order valence-electron chi connectivity index (χ4n) is 3.11. The number of aliphatic hydroxyl groups is 3. The molecule has 0 spiro atoms. The molecule has 9 nitrogen and oxygen atoms in total. The van der Waals surface area contributed by atoms with Crippen molar-refractivity contribution in [1.82, 2.24) is 19.5 Å². The van der Waals surface area contributed by atoms with Crippen LogP contribution in [0.5, 0.6) is 0 Å². The molecule has 1 aromatic carbocycles. The largest absolute Gasteiger partial charge is 0.394 e. The van der Waals surface area contributed by atoms with E-state index in [2.05, 4.69) is 48.9 Å². The van der Waals surface area contributed by atoms with Crippen LogP contribution in [-0.2, 0) is 11.3 Å². The van der Waals surface area contributed by atoms with E-state index in [-0.39, 0.29) is 6.61 Å². The first-order chi connectivity index (χ1) is 13.1. The van der Waals surface area contributed by atoms with Gasteiger partial charge in [0.25, 0.3) is 0 Å². The van der Waals surface area contributed by atoms with E-state index in [0.717, 1.165) is 9.13 Å². The molecule has 0 bridgehead atoms. The second-order valence-corrected chi connectivity index (χ2v) is 7.50. The average Bonchev–Trinajstić information content (AvgIpc) is 3.22. The van der Waals surface area contributed by atoms with Crippen LogP contribution in [0.1, 0.15) is 11.8 Å². The van der Waals surface area contributed by atoms with Crippen molar-refractivity contribution in [1.29, 1.82) is 0 Å². The summed E-state index contributed by atoms with van der Waals surface area (Å²) in [6, 6.07) is 8.11. The van der Waals surface area contributed by atoms with Crippen molar-refractivity contribution in [2.45, 2.75) is 31.1 Å². The van der Waals surface area contributed by atoms with Gasteiger partial charge >= 0.3 is 0 Å². The number of ether oxygens (including phenoxy) is 1. The summed E-state index contributed by atoms with van der Waals surface area (Å²) in [6.07, 6.45) is -1.24. The van der Waals surface area contributed by atoms with Crippen LogP contribution >= 0.6 is 22.6 Å². The number of benzene rings is 1. The molecule has 4 atom stereocenters. The third-order valence-electron chi connectivity index (χ3n) is 4.50. The molecule has 1 saturated heterocycles. The minimum absolute atomic E-state index is 0.390. The Morgan fingerprint density at radius 2 is 2.04 bits per heavy atom. The van der Waals surface area contributed by atoms with E-state index >= 15 is 0 Å². The van der Waals surface area contributed by atoms with Gasteiger partial charge < -0.3 is 25.4 Å². The molecule has 27 heavy (non-hydrogen) atoms. The Morgan fingerprint density at radius 1 is 1.19 bits per heavy atom. The molecule has 3 aromatic rings. The fourth-order valence-corrected chi connectivity index (χ4v) is 3.72. The number of fused-ring (bicyclic) bond motifs is 1. The molecule has 0 amide bonds. The van der Waals surface area contributed by atoms with Crippen molar-refractivity contribution < 1.29 is 20.1 Å². The number of nitrogens with one attached hydrogen (secondary N) is 1. The standard InChI is InChI=1S/C17H18IN5O4/c18-10-3-1-2-9(4-10)5-19-15-12-16(21-7-20-15)23(8-22-12)17-14(26)13(25)11(6-24)27-17/h1-4,7-8,11,13-14,17,24-26H,5-6H2,(H,19,20,21)/t11-,13-,14+,17?/m1/s1. The van der Waals surface area contributed by atoms with Gasteiger partial charge in [0.2, 0.25) is 0 Å². The van der Waals surface area contributed by atoms with Gasteiger partial charge in [0.1, 0.15) is 24.6 Å². The van der Waals surface area contributed by atoms with Crippen LogP contribution in [0.3, 0.4) is 0 Å². The van der Waals surface area contributed by atoms with E-state index in [1.807, 2.05) is 18.2 Å². The molecule has 3 heterocycles. The lowest BCUT2D eigenvalue weighted by atomic mass is 10.1. The molecule has 0 aliphatic carbocycles. The lowest BCUT2D eigenvalue weighted by Crippen LogP contribution is -2.33. The molecule has 4 rings (SSSR count). The maximum absolute atomic E-state index is 10.2. The summed E-state index contributed by atoms with van der Waals surface area (Å²) in [4.78, 5) is 12.8. The zero-order valence-electron chi connectivity index (χ0n) is 14.1. The van der Waals surface area contributed by atoms with Crippen LogP contribution in [-0.4, -0.2) is 59.8 Å². The van der Waals surface area contributed by atoms with Gasteiger partial charge in [0.05, 0.1) is 12.9 Å². The van der Waals surface area contributed by atoms with Crippen LogP contribution in [0, 0.1) is 3.57 Å². The monoisotopic (exact) mass is 483 g/mol. The highest BCUT2D eigenvalue weighted by Crippen LogP contribution is 2.32. The van der Waals surface area contributed by atoms with Gasteiger partial charge in [-0.2, -0.15) is 0 Å². The molecule has 1 aliphatic rings. The normalized spacial score (nSPS) is 25.2. The molecule has 2 aromatic heterocycles. The predicted molar refractivity (Wildman–Crippen MR) is 105 cm³/mol. The van der Waals surface area contributed by atoms with E-state index < -0.39 is 24.5 Å². The molecule has 1 fully saturated rings. The van der Waals surface area contributed by atoms with E-state index in [9.17, 15) is 15.3 Å². The Morgan fingerprint density at radius 3 is 2.78 bits per heavy atom. The Balaban J connectivity index is 1.60. The van der Waals surface area contributed by atoms with Gasteiger partial charge in [0.15, 0.2) is 23.2 Å². The summed E-state index contributed by atoms with van der Waals surface area (Å²) in [6.45, 7) is 0.183. The van der Waals surface area contributed by atoms with E-state index in [0.29, 0.717) is 23.5 Å². The maximum Gasteiger partial charge on any atom is 0.167 e. The van der Waals surface area contributed by atoms with E-state index in [1.165, 1.54) is 17.2 Å². The summed E-state index contributed by atoms with van der Waals surface area (Å²) in [5.74, 6) is 0.560. The maximum atomic E-state index is 10.2. The Labute approximate surface area is 168 Å². The fraction of sp³-hybridized carbons (Fsp3) is 0.353. The van der Waals surface area contributed by atoms with Crippen LogP contribution in [0.2, 0.25) is 0 Å². The highest BCUT2D eigenvalue weighted by atomic mass is 127. The number of aromatic nitrogens is 4. The first-order valence-electron chi connectivity index (χ1n) is 8.37. The number of nitrogens with zero attached hydrogens (tertiary/aromatic N) is 4. The topological polar surface area (TPSA) is 126 Å². The second-order valence-electron chi connectivity index (χ2n) is 6.26. The average molecular weight is 483 g/mol. The number of aliphatic hydroxyl groups excluding tert-OH is 3. The molecule has 142 valence electrons. The zero-order valence-corrected chi connectivity index (χ0v) is 16.3. The molecule has 1 unspecified atom stereocenters. The highest BCUT2D eigenvalue weighted by Gasteiger charge is 2.44. The molecule has 0 saturated carbocycles. The number of halogens is 1. The molecule has 0 radical (unpaired) electrons. The molecule has 10 heteroatoms. The van der Waals surface area contributed by atoms with Gasteiger partial charge in [-0.25, -0.2) is 15.0 Å². The SMILES string of the molecule is OC[C@H]1OC(n2cnc3c(NCc4cccc(I)c4)ncnc32)[C@@H](O)[C@@H]1O. The number of hydrogen-bond donors (Lipinski definition) is 4. The lowest BCUT2D eigenvalue weighted by Gasteiger charge is -2.16. The highest BCUT2D eigenvalue weighted by molar-refractivity contribution is 14.1. The second kappa shape index (κ2) is 7.64. The summed E-state index contributed by atoms with van der Waals surface area (Å²) in [5.41, 5.74) is 2.10. The number of hydrogen-bond acceptors (Lipinski definition) is 8. The lowest BCUT2D eigenvalue weighted by molar-refractivity contribution is -0.0511. The van der Waals surface area contributed by atoms with Crippen molar-refractivity contribution in [2.75, 3.05) is 11.9 Å². The summed E-state index contributed by atoms with van der Waals surface area (Å²) in [7, 11) is 0. The minimum Gasteiger partial charge on any atom is -0.394 e. The number of rotatable bonds is 5. The van der Waals surface area contributed by atoms with Crippen molar-refractivity contribution in [3.05, 3.63) is 46.1 Å². The van der Waals surface area contributed by atoms with Crippen LogP contribution in [0.25, 0.3) is 11.2 Å². The summed E-state index contributed by atoms with van der Waals surface area (Å²) in [5, 5.41) is 32.7. The van der Waals surface area contributed by atoms with Crippen molar-refractivity contribution in [2.24, 2.45) is 0 Å². The van der Waals surface area contributed by atoms with Crippen LogP contribution in [0.15, 0.2) is 36.9 Å². The van der Waals surface area contributed by atoms with E-state index in [1.54, 1.807) is 0 Å². The Kier molecular flexibility index (Phi) is 5.23. The van der Waals surface area contributed by atoms with Gasteiger partial charge in [0, 0.05) is 10.1 Å². The first-order valence-corrected chi connectivity index (χ1v) is 9.44. The van der Waals surface area contributed by atoms with Gasteiger partial charge in [-0.3, -0.25) is 4.57 Å². The Bertz CT molecular complexity index is 952. The quantitative estimate of drug-likeness (QED) is 0.390. The molecular formula is C17H18IN5O4. The van der Waals surface area contributed by atoms with Gasteiger partial charge in [-0.05, 0) is 40.3 Å². The smallest absolute Gasteiger partial charge is 0.167 e. The van der Waals surface area contributed by atoms with Crippen LogP contribution < -0.4 is 5.32 Å². The molecule has 4 N–H and O–H groups in total. The third kappa shape index (κ3) is 3.50. The molecule has 1 aliphatic heterocycles. The summed E-state index contributed by atoms with van der Waals surface area (Å²) >= 11 is 2.26. The number of anilines is 1. The van der Waals surface area contributed by atoms with E-state index in [4.69, 9.17) is 4.74 Å². The van der Waals surface area contributed by atoms with Gasteiger partial charge in [-0.15, -0.1) is 0 Å². The number of imidazole rings is 1. The van der Waals surface area contributed by atoms with Crippen LogP contribution in [0.4, 0.5) is 5.82 Å². The third-order valence-corrected chi connectivity index (χ3v) is 5.17. The zero-order chi connectivity index (χ0) is 19.0. The van der Waals surface area contributed by atoms with Gasteiger partial charge in [-0.1, -0.05) is 12.1 Å². The first kappa shape index (κ1) is 18.5. The summed E-state index contributed by atoms with van der Waals surface area (Å²) < 4.78 is 8.25.